The highest BCUT2D eigenvalue weighted by atomic mass is 32.2. The van der Waals surface area contributed by atoms with E-state index in [2.05, 4.69) is 0 Å². The third-order valence-electron chi connectivity index (χ3n) is 4.52. The lowest BCUT2D eigenvalue weighted by atomic mass is 10.1. The van der Waals surface area contributed by atoms with Gasteiger partial charge in [0.2, 0.25) is 10.0 Å². The SMILES string of the molecule is Cc1cc(C)c(S(=O)(=O)N2CCCCCC2C)c(C)c1N. The number of nitrogens with two attached hydrogens (primary N) is 1. The molecule has 1 atom stereocenters. The van der Waals surface area contributed by atoms with Gasteiger partial charge >= 0.3 is 0 Å². The molecule has 1 aliphatic heterocycles. The second-order valence-electron chi connectivity index (χ2n) is 6.19. The van der Waals surface area contributed by atoms with E-state index in [4.69, 9.17) is 5.73 Å². The Morgan fingerprint density at radius 2 is 1.81 bits per heavy atom. The van der Waals surface area contributed by atoms with E-state index >= 15 is 0 Å². The lowest BCUT2D eigenvalue weighted by molar-refractivity contribution is 0.341. The van der Waals surface area contributed by atoms with Gasteiger partial charge in [-0.2, -0.15) is 4.31 Å². The fourth-order valence-electron chi connectivity index (χ4n) is 3.30. The van der Waals surface area contributed by atoms with Crippen LogP contribution in [0.15, 0.2) is 11.0 Å². The van der Waals surface area contributed by atoms with Gasteiger partial charge in [-0.3, -0.25) is 0 Å². The molecule has 0 spiro atoms. The van der Waals surface area contributed by atoms with Crippen molar-refractivity contribution in [1.29, 1.82) is 0 Å². The summed E-state index contributed by atoms with van der Waals surface area (Å²) in [5.74, 6) is 0. The Labute approximate surface area is 128 Å². The molecule has 1 saturated heterocycles. The van der Waals surface area contributed by atoms with Crippen molar-refractivity contribution in [2.45, 2.75) is 64.3 Å². The minimum atomic E-state index is -3.48. The average Bonchev–Trinajstić information content (AvgIpc) is 2.60. The highest BCUT2D eigenvalue weighted by Gasteiger charge is 2.32. The van der Waals surface area contributed by atoms with Gasteiger partial charge in [0.25, 0.3) is 0 Å². The minimum absolute atomic E-state index is 0.0545. The third-order valence-corrected chi connectivity index (χ3v) is 6.82. The van der Waals surface area contributed by atoms with Gasteiger partial charge < -0.3 is 5.73 Å². The van der Waals surface area contributed by atoms with Crippen LogP contribution in [0, 0.1) is 20.8 Å². The predicted octanol–water partition coefficient (Wildman–Crippen LogP) is 3.15. The molecule has 1 unspecified atom stereocenters. The third kappa shape index (κ3) is 2.94. The number of anilines is 1. The molecule has 2 rings (SSSR count). The van der Waals surface area contributed by atoms with Crippen LogP contribution < -0.4 is 5.73 Å². The van der Waals surface area contributed by atoms with Crippen molar-refractivity contribution in [3.63, 3.8) is 0 Å². The number of rotatable bonds is 2. The van der Waals surface area contributed by atoms with Gasteiger partial charge in [-0.15, -0.1) is 0 Å². The highest BCUT2D eigenvalue weighted by Crippen LogP contribution is 2.32. The van der Waals surface area contributed by atoms with Crippen LogP contribution >= 0.6 is 0 Å². The number of aryl methyl sites for hydroxylation is 2. The molecule has 1 heterocycles. The molecule has 4 nitrogen and oxygen atoms in total. The fraction of sp³-hybridized carbons (Fsp3) is 0.625. The predicted molar refractivity (Wildman–Crippen MR) is 86.9 cm³/mol. The average molecular weight is 310 g/mol. The van der Waals surface area contributed by atoms with Crippen molar-refractivity contribution in [3.05, 3.63) is 22.8 Å². The zero-order chi connectivity index (χ0) is 15.8. The van der Waals surface area contributed by atoms with Crippen LogP contribution in [-0.2, 0) is 10.0 Å². The van der Waals surface area contributed by atoms with E-state index in [0.29, 0.717) is 22.7 Å². The zero-order valence-corrected chi connectivity index (χ0v) is 14.3. The Kier molecular flexibility index (Phi) is 4.63. The lowest BCUT2D eigenvalue weighted by Gasteiger charge is -2.28. The number of benzene rings is 1. The molecule has 21 heavy (non-hydrogen) atoms. The van der Waals surface area contributed by atoms with Crippen LogP contribution in [0.1, 0.15) is 49.3 Å². The van der Waals surface area contributed by atoms with E-state index in [1.165, 1.54) is 0 Å². The van der Waals surface area contributed by atoms with Crippen molar-refractivity contribution in [3.8, 4) is 0 Å². The first kappa shape index (κ1) is 16.3. The summed E-state index contributed by atoms with van der Waals surface area (Å²) in [7, 11) is -3.48. The Morgan fingerprint density at radius 1 is 1.14 bits per heavy atom. The molecule has 1 fully saturated rings. The molecule has 1 aromatic rings. The number of nitrogen functional groups attached to an aromatic ring is 1. The van der Waals surface area contributed by atoms with Gasteiger partial charge in [0.1, 0.15) is 0 Å². The topological polar surface area (TPSA) is 63.4 Å². The molecule has 1 aromatic carbocycles. The normalized spacial score (nSPS) is 21.2. The summed E-state index contributed by atoms with van der Waals surface area (Å²) < 4.78 is 27.9. The molecule has 118 valence electrons. The lowest BCUT2D eigenvalue weighted by Crippen LogP contribution is -2.39. The number of hydrogen-bond donors (Lipinski definition) is 1. The van der Waals surface area contributed by atoms with Crippen LogP contribution in [0.4, 0.5) is 5.69 Å². The quantitative estimate of drug-likeness (QED) is 0.854. The van der Waals surface area contributed by atoms with Gasteiger partial charge in [-0.1, -0.05) is 18.9 Å². The summed E-state index contributed by atoms with van der Waals surface area (Å²) in [6.45, 7) is 8.20. The maximum absolute atomic E-state index is 13.1. The van der Waals surface area contributed by atoms with Gasteiger partial charge in [0.15, 0.2) is 0 Å². The van der Waals surface area contributed by atoms with E-state index < -0.39 is 10.0 Å². The number of sulfonamides is 1. The van der Waals surface area contributed by atoms with Crippen LogP contribution in [0.5, 0.6) is 0 Å². The van der Waals surface area contributed by atoms with Gasteiger partial charge in [-0.05, 0) is 57.2 Å². The van der Waals surface area contributed by atoms with E-state index in [9.17, 15) is 8.42 Å². The standard InChI is InChI=1S/C16H26N2O2S/c1-11-10-12(2)16(14(4)15(11)17)21(19,20)18-9-7-5-6-8-13(18)3/h10,13H,5-9,17H2,1-4H3. The molecule has 0 radical (unpaired) electrons. The van der Waals surface area contributed by atoms with Crippen LogP contribution in [0.25, 0.3) is 0 Å². The zero-order valence-electron chi connectivity index (χ0n) is 13.4. The molecule has 0 aliphatic carbocycles. The first-order chi connectivity index (χ1) is 9.76. The molecule has 1 aliphatic rings. The number of nitrogens with zero attached hydrogens (tertiary/aromatic N) is 1. The summed E-state index contributed by atoms with van der Waals surface area (Å²) in [4.78, 5) is 0.402. The highest BCUT2D eigenvalue weighted by molar-refractivity contribution is 7.89. The van der Waals surface area contributed by atoms with Crippen LogP contribution in [0.3, 0.4) is 0 Å². The molecule has 2 N–H and O–H groups in total. The molecular weight excluding hydrogens is 284 g/mol. The Balaban J connectivity index is 2.56. The van der Waals surface area contributed by atoms with Crippen molar-refractivity contribution >= 4 is 15.7 Å². The molecule has 5 heteroatoms. The molecule has 0 saturated carbocycles. The van der Waals surface area contributed by atoms with E-state index in [-0.39, 0.29) is 6.04 Å². The largest absolute Gasteiger partial charge is 0.398 e. The van der Waals surface area contributed by atoms with E-state index in [1.54, 1.807) is 4.31 Å². The minimum Gasteiger partial charge on any atom is -0.398 e. The smallest absolute Gasteiger partial charge is 0.243 e. The van der Waals surface area contributed by atoms with Crippen molar-refractivity contribution in [2.24, 2.45) is 0 Å². The van der Waals surface area contributed by atoms with Crippen molar-refractivity contribution in [1.82, 2.24) is 4.31 Å². The Morgan fingerprint density at radius 3 is 2.48 bits per heavy atom. The summed E-state index contributed by atoms with van der Waals surface area (Å²) in [5.41, 5.74) is 9.05. The van der Waals surface area contributed by atoms with Gasteiger partial charge in [0.05, 0.1) is 4.90 Å². The van der Waals surface area contributed by atoms with E-state index in [0.717, 1.165) is 36.8 Å². The van der Waals surface area contributed by atoms with Crippen molar-refractivity contribution in [2.75, 3.05) is 12.3 Å². The summed E-state index contributed by atoms with van der Waals surface area (Å²) in [6.07, 6.45) is 4.06. The maximum Gasteiger partial charge on any atom is 0.243 e. The fourth-order valence-corrected chi connectivity index (χ4v) is 5.45. The first-order valence-corrected chi connectivity index (χ1v) is 9.09. The molecular formula is C16H26N2O2S. The first-order valence-electron chi connectivity index (χ1n) is 7.65. The second kappa shape index (κ2) is 5.97. The summed E-state index contributed by atoms with van der Waals surface area (Å²) >= 11 is 0. The Bertz CT molecular complexity index is 638. The monoisotopic (exact) mass is 310 g/mol. The van der Waals surface area contributed by atoms with Crippen molar-refractivity contribution < 1.29 is 8.42 Å². The molecule has 0 aromatic heterocycles. The van der Waals surface area contributed by atoms with E-state index in [1.807, 2.05) is 33.8 Å². The number of hydrogen-bond acceptors (Lipinski definition) is 3. The second-order valence-corrected chi connectivity index (χ2v) is 8.02. The molecule has 0 amide bonds. The summed E-state index contributed by atoms with van der Waals surface area (Å²) in [6, 6.07) is 1.93. The molecule has 0 bridgehead atoms. The van der Waals surface area contributed by atoms with Gasteiger partial charge in [0, 0.05) is 18.3 Å². The van der Waals surface area contributed by atoms with Gasteiger partial charge in [-0.25, -0.2) is 8.42 Å². The summed E-state index contributed by atoms with van der Waals surface area (Å²) in [5, 5.41) is 0. The maximum atomic E-state index is 13.1. The van der Waals surface area contributed by atoms with Crippen LogP contribution in [0.2, 0.25) is 0 Å². The Hall–Kier alpha value is -1.07. The van der Waals surface area contributed by atoms with Crippen LogP contribution in [-0.4, -0.2) is 25.3 Å².